The van der Waals surface area contributed by atoms with Gasteiger partial charge < -0.3 is 23.7 Å². The van der Waals surface area contributed by atoms with Crippen LogP contribution in [0.1, 0.15) is 102 Å². The molecular weight excluding hydrogens is 745 g/mol. The predicted molar refractivity (Wildman–Crippen MR) is 194 cm³/mol. The summed E-state index contributed by atoms with van der Waals surface area (Å²) in [5.41, 5.74) is 0.156. The average molecular weight is 798 g/mol. The smallest absolute Gasteiger partial charge is 0.439 e. The van der Waals surface area contributed by atoms with Gasteiger partial charge in [0, 0.05) is 3.57 Å². The van der Waals surface area contributed by atoms with E-state index < -0.39 is 23.3 Å². The zero-order valence-electron chi connectivity index (χ0n) is 30.0. The Morgan fingerprint density at radius 2 is 1.20 bits per heavy atom. The molecule has 2 aliphatic rings. The second-order valence-electron chi connectivity index (χ2n) is 13.5. The number of nitrogens with zero attached hydrogens (tertiary/aromatic N) is 1. The summed E-state index contributed by atoms with van der Waals surface area (Å²) >= 11 is 2.11. The van der Waals surface area contributed by atoms with Gasteiger partial charge >= 0.3 is 24.0 Å². The molecule has 4 rings (SSSR count). The van der Waals surface area contributed by atoms with Gasteiger partial charge in [-0.25, -0.2) is 19.2 Å². The molecule has 0 aliphatic heterocycles. The first-order valence-corrected chi connectivity index (χ1v) is 17.8. The highest BCUT2D eigenvalue weighted by molar-refractivity contribution is 14.1. The SMILES string of the molecule is CC(C)(C)OC(=O)COCC1CC1.CCOC(=O)c1ccccc1I.CCOC(=O)c1ccccc1N(OCC1CC1)C(=O)OC(C)(C)C. The normalized spacial score (nSPS) is 13.8. The zero-order chi connectivity index (χ0) is 36.6. The molecular formula is C37H52INO10. The van der Waals surface area contributed by atoms with Gasteiger partial charge in [-0.3, -0.25) is 4.84 Å². The van der Waals surface area contributed by atoms with Crippen LogP contribution in [0.15, 0.2) is 48.5 Å². The third-order valence-corrected chi connectivity index (χ3v) is 7.31. The minimum absolute atomic E-state index is 0.0910. The van der Waals surface area contributed by atoms with Crippen LogP contribution in [0.4, 0.5) is 10.5 Å². The number of hydrogen-bond acceptors (Lipinski definition) is 10. The number of anilines is 1. The van der Waals surface area contributed by atoms with E-state index in [4.69, 9.17) is 28.5 Å². The highest BCUT2D eigenvalue weighted by Crippen LogP contribution is 2.31. The Morgan fingerprint density at radius 3 is 1.71 bits per heavy atom. The quantitative estimate of drug-likeness (QED) is 0.0899. The largest absolute Gasteiger partial charge is 0.462 e. The second-order valence-corrected chi connectivity index (χ2v) is 14.7. The molecule has 0 spiro atoms. The van der Waals surface area contributed by atoms with Gasteiger partial charge in [-0.15, -0.1) is 0 Å². The number of carbonyl (C=O) groups excluding carboxylic acids is 4. The Morgan fingerprint density at radius 1 is 0.714 bits per heavy atom. The maximum Gasteiger partial charge on any atom is 0.439 e. The van der Waals surface area contributed by atoms with E-state index in [0.717, 1.165) is 21.5 Å². The lowest BCUT2D eigenvalue weighted by Crippen LogP contribution is -2.38. The van der Waals surface area contributed by atoms with E-state index in [-0.39, 0.29) is 30.7 Å². The number of benzene rings is 2. The lowest BCUT2D eigenvalue weighted by atomic mass is 10.1. The summed E-state index contributed by atoms with van der Waals surface area (Å²) < 4.78 is 26.5. The van der Waals surface area contributed by atoms with E-state index in [9.17, 15) is 19.2 Å². The second kappa shape index (κ2) is 20.4. The molecule has 1 amide bonds. The van der Waals surface area contributed by atoms with Gasteiger partial charge in [0.05, 0.1) is 43.2 Å². The van der Waals surface area contributed by atoms with Gasteiger partial charge in [0.1, 0.15) is 17.8 Å². The summed E-state index contributed by atoms with van der Waals surface area (Å²) in [4.78, 5) is 52.8. The minimum Gasteiger partial charge on any atom is -0.462 e. The number of para-hydroxylation sites is 1. The summed E-state index contributed by atoms with van der Waals surface area (Å²) in [5.74, 6) is 0.124. The molecule has 0 N–H and O–H groups in total. The van der Waals surface area contributed by atoms with Crippen LogP contribution in [0.3, 0.4) is 0 Å². The summed E-state index contributed by atoms with van der Waals surface area (Å²) in [6.45, 7) is 16.3. The summed E-state index contributed by atoms with van der Waals surface area (Å²) in [6.07, 6.45) is 4.01. The highest BCUT2D eigenvalue weighted by atomic mass is 127. The first-order chi connectivity index (χ1) is 23.0. The number of amides is 1. The summed E-state index contributed by atoms with van der Waals surface area (Å²) in [7, 11) is 0. The third-order valence-electron chi connectivity index (χ3n) is 6.37. The zero-order valence-corrected chi connectivity index (χ0v) is 32.2. The molecule has 0 heterocycles. The molecule has 2 aliphatic carbocycles. The Labute approximate surface area is 304 Å². The molecule has 0 bridgehead atoms. The van der Waals surface area contributed by atoms with Crippen molar-refractivity contribution in [2.24, 2.45) is 11.8 Å². The lowest BCUT2D eigenvalue weighted by molar-refractivity contribution is -0.160. The van der Waals surface area contributed by atoms with Crippen molar-refractivity contribution in [2.45, 2.75) is 92.3 Å². The van der Waals surface area contributed by atoms with Gasteiger partial charge in [-0.05, 0) is 140 Å². The van der Waals surface area contributed by atoms with Crippen LogP contribution < -0.4 is 5.06 Å². The molecule has 272 valence electrons. The maximum atomic E-state index is 12.6. The average Bonchev–Trinajstić information content (AvgIpc) is 3.94. The number of esters is 3. The van der Waals surface area contributed by atoms with E-state index >= 15 is 0 Å². The van der Waals surface area contributed by atoms with Crippen molar-refractivity contribution < 1.29 is 47.7 Å². The Bertz CT molecular complexity index is 1360. The van der Waals surface area contributed by atoms with Crippen molar-refractivity contribution in [2.75, 3.05) is 38.1 Å². The first-order valence-electron chi connectivity index (χ1n) is 16.7. The molecule has 12 heteroatoms. The lowest BCUT2D eigenvalue weighted by Gasteiger charge is -2.27. The van der Waals surface area contributed by atoms with Gasteiger partial charge in [-0.2, -0.15) is 5.06 Å². The molecule has 11 nitrogen and oxygen atoms in total. The molecule has 0 radical (unpaired) electrons. The van der Waals surface area contributed by atoms with E-state index in [2.05, 4.69) is 22.6 Å². The van der Waals surface area contributed by atoms with E-state index in [0.29, 0.717) is 42.9 Å². The van der Waals surface area contributed by atoms with Crippen LogP contribution >= 0.6 is 22.6 Å². The number of ether oxygens (including phenoxy) is 5. The van der Waals surface area contributed by atoms with Crippen LogP contribution in [-0.2, 0) is 33.3 Å². The Balaban J connectivity index is 0.000000281. The predicted octanol–water partition coefficient (Wildman–Crippen LogP) is 8.17. The number of rotatable bonds is 12. The molecule has 0 saturated heterocycles. The van der Waals surface area contributed by atoms with Crippen molar-refractivity contribution >= 4 is 52.3 Å². The molecule has 0 atom stereocenters. The van der Waals surface area contributed by atoms with Crippen molar-refractivity contribution in [1.82, 2.24) is 0 Å². The van der Waals surface area contributed by atoms with E-state index in [1.807, 2.05) is 39.0 Å². The van der Waals surface area contributed by atoms with Crippen molar-refractivity contribution in [3.63, 3.8) is 0 Å². The van der Waals surface area contributed by atoms with Crippen molar-refractivity contribution in [1.29, 1.82) is 0 Å². The third kappa shape index (κ3) is 17.8. The fraction of sp³-hybridized carbons (Fsp3) is 0.568. The van der Waals surface area contributed by atoms with Crippen LogP contribution in [0.2, 0.25) is 0 Å². The van der Waals surface area contributed by atoms with Crippen LogP contribution in [-0.4, -0.2) is 68.2 Å². The number of carbonyl (C=O) groups is 4. The topological polar surface area (TPSA) is 127 Å². The van der Waals surface area contributed by atoms with Gasteiger partial charge in [0.15, 0.2) is 0 Å². The van der Waals surface area contributed by atoms with Crippen LogP contribution in [0.25, 0.3) is 0 Å². The van der Waals surface area contributed by atoms with E-state index in [1.165, 1.54) is 12.8 Å². The molecule has 2 aromatic rings. The standard InChI is InChI=1S/C18H25NO5.C10H18O3.C9H9IO2/c1-5-22-16(20)14-8-6-7-9-15(14)19(23-12-13-10-11-13)17(21)24-18(2,3)4;1-10(2,3)13-9(11)7-12-6-8-4-5-8;1-2-12-9(11)7-5-3-4-6-8(7)10/h6-9,13H,5,10-12H2,1-4H3;8H,4-7H2,1-3H3;3-6H,2H2,1H3. The molecule has 49 heavy (non-hydrogen) atoms. The maximum absolute atomic E-state index is 12.6. The molecule has 2 fully saturated rings. The Kier molecular flexibility index (Phi) is 17.5. The van der Waals surface area contributed by atoms with Crippen LogP contribution in [0, 0.1) is 15.4 Å². The summed E-state index contributed by atoms with van der Waals surface area (Å²) in [6, 6.07) is 14.1. The van der Waals surface area contributed by atoms with Gasteiger partial charge in [-0.1, -0.05) is 24.3 Å². The molecule has 2 aromatic carbocycles. The fourth-order valence-electron chi connectivity index (χ4n) is 3.82. The Hall–Kier alpha value is -3.23. The van der Waals surface area contributed by atoms with Gasteiger partial charge in [0.2, 0.25) is 0 Å². The van der Waals surface area contributed by atoms with Crippen LogP contribution in [0.5, 0.6) is 0 Å². The minimum atomic E-state index is -0.669. The van der Waals surface area contributed by atoms with Gasteiger partial charge in [0.25, 0.3) is 0 Å². The number of hydroxylamine groups is 1. The summed E-state index contributed by atoms with van der Waals surface area (Å²) in [5, 5.41) is 1.07. The van der Waals surface area contributed by atoms with Crippen molar-refractivity contribution in [3.8, 4) is 0 Å². The monoisotopic (exact) mass is 797 g/mol. The molecule has 2 saturated carbocycles. The number of halogens is 1. The van der Waals surface area contributed by atoms with Crippen molar-refractivity contribution in [3.05, 3.63) is 63.2 Å². The molecule has 0 unspecified atom stereocenters. The first kappa shape index (κ1) is 41.9. The molecule has 0 aromatic heterocycles. The fourth-order valence-corrected chi connectivity index (χ4v) is 4.43. The highest BCUT2D eigenvalue weighted by Gasteiger charge is 2.31. The number of hydrogen-bond donors (Lipinski definition) is 0. The van der Waals surface area contributed by atoms with E-state index in [1.54, 1.807) is 65.0 Å².